The van der Waals surface area contributed by atoms with Crippen LogP contribution < -0.4 is 25.8 Å². The Morgan fingerprint density at radius 3 is 2.15 bits per heavy atom. The first kappa shape index (κ1) is 28.8. The quantitative estimate of drug-likeness (QED) is 0.195. The van der Waals surface area contributed by atoms with Crippen molar-refractivity contribution in [2.45, 2.75) is 31.0 Å². The second kappa shape index (κ2) is 12.3. The summed E-state index contributed by atoms with van der Waals surface area (Å²) in [5, 5.41) is 24.6. The number of nitrogens with zero attached hydrogens (tertiary/aromatic N) is 2. The lowest BCUT2D eigenvalue weighted by Crippen LogP contribution is -2.74. The second-order valence-corrected chi connectivity index (χ2v) is 9.73. The van der Waals surface area contributed by atoms with Gasteiger partial charge in [0.2, 0.25) is 11.8 Å². The standard InChI is InChI=1S/C28H36N6O6/c1-3-22(40-21-8-4-18(5-9-21)26(29)30)28(34-15-13-32-17-24(34)36,19-6-10-20(39-2)11-7-19)25(27(37)38)33-14-12-31-16-23(33)35/h4-11,22,25,31-32H,3,12-17H2,1-2H3,(H3,29,30)(H,37,38). The normalized spacial score (nSPS) is 18.9. The van der Waals surface area contributed by atoms with Gasteiger partial charge in [0.25, 0.3) is 0 Å². The molecule has 2 aromatic carbocycles. The molecule has 40 heavy (non-hydrogen) atoms. The van der Waals surface area contributed by atoms with E-state index >= 15 is 0 Å². The lowest BCUT2D eigenvalue weighted by Gasteiger charge is -2.55. The van der Waals surface area contributed by atoms with Gasteiger partial charge in [0.05, 0.1) is 20.2 Å². The molecule has 2 aliphatic heterocycles. The maximum Gasteiger partial charge on any atom is 0.329 e. The van der Waals surface area contributed by atoms with Crippen LogP contribution in [0.5, 0.6) is 11.5 Å². The van der Waals surface area contributed by atoms with Crippen molar-refractivity contribution in [3.05, 3.63) is 59.7 Å². The summed E-state index contributed by atoms with van der Waals surface area (Å²) in [7, 11) is 1.53. The summed E-state index contributed by atoms with van der Waals surface area (Å²) < 4.78 is 11.9. The van der Waals surface area contributed by atoms with Gasteiger partial charge in [-0.1, -0.05) is 19.1 Å². The molecule has 2 aliphatic rings. The highest BCUT2D eigenvalue weighted by atomic mass is 16.5. The Hall–Kier alpha value is -4.16. The monoisotopic (exact) mass is 552 g/mol. The number of carboxylic acids is 1. The third-order valence-corrected chi connectivity index (χ3v) is 7.48. The number of nitrogens with two attached hydrogens (primary N) is 1. The van der Waals surface area contributed by atoms with E-state index in [1.807, 2.05) is 6.92 Å². The number of amidine groups is 1. The smallest absolute Gasteiger partial charge is 0.329 e. The van der Waals surface area contributed by atoms with Crippen molar-refractivity contribution in [2.24, 2.45) is 5.73 Å². The second-order valence-electron chi connectivity index (χ2n) is 9.73. The van der Waals surface area contributed by atoms with Crippen molar-refractivity contribution < 1.29 is 29.0 Å². The van der Waals surface area contributed by atoms with Crippen LogP contribution in [0.4, 0.5) is 0 Å². The number of nitrogens with one attached hydrogen (secondary N) is 3. The van der Waals surface area contributed by atoms with Crippen LogP contribution in [0.25, 0.3) is 0 Å². The lowest BCUT2D eigenvalue weighted by molar-refractivity contribution is -0.173. The van der Waals surface area contributed by atoms with Crippen LogP contribution >= 0.6 is 0 Å². The zero-order valence-electron chi connectivity index (χ0n) is 22.7. The molecule has 0 spiro atoms. The molecule has 0 bridgehead atoms. The number of hydrogen-bond donors (Lipinski definition) is 5. The van der Waals surface area contributed by atoms with Crippen molar-refractivity contribution in [3.8, 4) is 11.5 Å². The highest BCUT2D eigenvalue weighted by Gasteiger charge is 2.60. The largest absolute Gasteiger partial charge is 0.497 e. The van der Waals surface area contributed by atoms with Gasteiger partial charge in [-0.15, -0.1) is 0 Å². The van der Waals surface area contributed by atoms with Gasteiger partial charge in [0.15, 0.2) is 6.04 Å². The minimum atomic E-state index is -1.61. The number of amides is 2. The number of carbonyl (C=O) groups excluding carboxylic acids is 2. The predicted octanol–water partition coefficient (Wildman–Crippen LogP) is 0.349. The molecule has 214 valence electrons. The number of nitrogen functional groups attached to an aromatic ring is 1. The van der Waals surface area contributed by atoms with E-state index in [-0.39, 0.29) is 43.8 Å². The Labute approximate surface area is 232 Å². The summed E-state index contributed by atoms with van der Waals surface area (Å²) in [6.07, 6.45) is -0.586. The van der Waals surface area contributed by atoms with Gasteiger partial charge in [-0.3, -0.25) is 15.0 Å². The first-order valence-electron chi connectivity index (χ1n) is 13.2. The number of methoxy groups -OCH3 is 1. The molecule has 6 N–H and O–H groups in total. The molecular weight excluding hydrogens is 516 g/mol. The van der Waals surface area contributed by atoms with E-state index in [4.69, 9.17) is 20.6 Å². The van der Waals surface area contributed by atoms with Crippen molar-refractivity contribution in [3.63, 3.8) is 0 Å². The number of rotatable bonds is 11. The minimum Gasteiger partial charge on any atom is -0.497 e. The van der Waals surface area contributed by atoms with Crippen LogP contribution in [0.1, 0.15) is 24.5 Å². The minimum absolute atomic E-state index is 0.0118. The molecule has 3 atom stereocenters. The SMILES string of the molecule is CCC(Oc1ccc(C(=N)N)cc1)C(c1ccc(OC)cc1)(C(C(=O)O)N1CCNCC1=O)N1CCNCC1=O. The molecule has 4 rings (SSSR count). The number of hydrogen-bond acceptors (Lipinski definition) is 8. The number of benzene rings is 2. The number of carboxylic acid groups (broad SMARTS) is 1. The highest BCUT2D eigenvalue weighted by molar-refractivity contribution is 5.95. The Balaban J connectivity index is 1.98. The molecule has 0 aromatic heterocycles. The van der Waals surface area contributed by atoms with E-state index in [0.717, 1.165) is 0 Å². The molecule has 2 fully saturated rings. The fourth-order valence-electron chi connectivity index (χ4n) is 5.67. The summed E-state index contributed by atoms with van der Waals surface area (Å²) in [6, 6.07) is 12.0. The Morgan fingerprint density at radius 2 is 1.62 bits per heavy atom. The Morgan fingerprint density at radius 1 is 1.02 bits per heavy atom. The van der Waals surface area contributed by atoms with Gasteiger partial charge in [0.1, 0.15) is 29.0 Å². The zero-order valence-corrected chi connectivity index (χ0v) is 22.7. The van der Waals surface area contributed by atoms with Crippen molar-refractivity contribution >= 4 is 23.6 Å². The first-order valence-corrected chi connectivity index (χ1v) is 13.2. The Bertz CT molecular complexity index is 1240. The van der Waals surface area contributed by atoms with Crippen LogP contribution in [-0.2, 0) is 19.9 Å². The third kappa shape index (κ3) is 5.45. The number of aliphatic carboxylic acids is 1. The van der Waals surface area contributed by atoms with E-state index in [9.17, 15) is 19.5 Å². The lowest BCUT2D eigenvalue weighted by atomic mass is 9.73. The maximum atomic E-state index is 13.7. The van der Waals surface area contributed by atoms with Gasteiger partial charge in [0, 0.05) is 31.7 Å². The molecule has 12 heteroatoms. The first-order chi connectivity index (χ1) is 19.2. The summed E-state index contributed by atoms with van der Waals surface area (Å²) >= 11 is 0. The molecule has 2 aromatic rings. The van der Waals surface area contributed by atoms with Crippen LogP contribution in [0.3, 0.4) is 0 Å². The van der Waals surface area contributed by atoms with Crippen LogP contribution in [0, 0.1) is 5.41 Å². The summed E-state index contributed by atoms with van der Waals surface area (Å²) in [6.45, 7) is 3.07. The van der Waals surface area contributed by atoms with Crippen LogP contribution in [0.2, 0.25) is 0 Å². The van der Waals surface area contributed by atoms with Gasteiger partial charge in [-0.2, -0.15) is 0 Å². The molecular formula is C28H36N6O6. The molecule has 0 saturated carbocycles. The van der Waals surface area contributed by atoms with Crippen LogP contribution in [-0.4, -0.2) is 97.0 Å². The van der Waals surface area contributed by atoms with Gasteiger partial charge >= 0.3 is 5.97 Å². The number of carbonyl (C=O) groups is 3. The van der Waals surface area contributed by atoms with Crippen molar-refractivity contribution in [2.75, 3.05) is 46.4 Å². The number of piperazine rings is 2. The fourth-order valence-corrected chi connectivity index (χ4v) is 5.67. The molecule has 12 nitrogen and oxygen atoms in total. The molecule has 2 heterocycles. The predicted molar refractivity (Wildman–Crippen MR) is 147 cm³/mol. The van der Waals surface area contributed by atoms with Gasteiger partial charge in [-0.25, -0.2) is 4.79 Å². The topological polar surface area (TPSA) is 170 Å². The van der Waals surface area contributed by atoms with Gasteiger partial charge in [-0.05, 0) is 48.4 Å². The molecule has 3 unspecified atom stereocenters. The summed E-state index contributed by atoms with van der Waals surface area (Å²) in [5.41, 5.74) is 5.02. The summed E-state index contributed by atoms with van der Waals surface area (Å²) in [5.74, 6) is -1.05. The molecule has 0 aliphatic carbocycles. The number of ether oxygens (including phenoxy) is 2. The van der Waals surface area contributed by atoms with Crippen molar-refractivity contribution in [1.29, 1.82) is 5.41 Å². The average molecular weight is 553 g/mol. The molecule has 2 saturated heterocycles. The van der Waals surface area contributed by atoms with E-state index < -0.39 is 23.7 Å². The van der Waals surface area contributed by atoms with Crippen molar-refractivity contribution in [1.82, 2.24) is 20.4 Å². The van der Waals surface area contributed by atoms with E-state index in [0.29, 0.717) is 42.1 Å². The van der Waals surface area contributed by atoms with Crippen LogP contribution in [0.15, 0.2) is 48.5 Å². The fraction of sp³-hybridized carbons (Fsp3) is 0.429. The van der Waals surface area contributed by atoms with E-state index in [2.05, 4.69) is 10.6 Å². The Kier molecular flexibility index (Phi) is 8.90. The van der Waals surface area contributed by atoms with Gasteiger partial charge < -0.3 is 40.7 Å². The average Bonchev–Trinajstić information content (AvgIpc) is 2.96. The van der Waals surface area contributed by atoms with E-state index in [1.54, 1.807) is 53.4 Å². The third-order valence-electron chi connectivity index (χ3n) is 7.48. The zero-order chi connectivity index (χ0) is 28.9. The molecule has 0 radical (unpaired) electrons. The van der Waals surface area contributed by atoms with E-state index in [1.165, 1.54) is 12.0 Å². The maximum absolute atomic E-state index is 13.7. The summed E-state index contributed by atoms with van der Waals surface area (Å²) in [4.78, 5) is 43.2. The highest BCUT2D eigenvalue weighted by Crippen LogP contribution is 2.43. The molecule has 2 amide bonds.